The van der Waals surface area contributed by atoms with E-state index >= 15 is 0 Å². The number of amides is 1. The number of rotatable bonds is 4. The number of H-pyrrole nitrogens is 1. The van der Waals surface area contributed by atoms with Crippen molar-refractivity contribution >= 4 is 29.9 Å². The maximum Gasteiger partial charge on any atom is 0.280 e. The van der Waals surface area contributed by atoms with Crippen molar-refractivity contribution in [2.24, 2.45) is 12.0 Å². The minimum Gasteiger partial charge on any atom is -0.348 e. The summed E-state index contributed by atoms with van der Waals surface area (Å²) in [5.41, 5.74) is 2.32. The first kappa shape index (κ1) is 20.3. The van der Waals surface area contributed by atoms with E-state index in [0.29, 0.717) is 35.0 Å². The Hall–Kier alpha value is -3.01. The molecular weight excluding hydrogens is 410 g/mol. The van der Waals surface area contributed by atoms with Crippen molar-refractivity contribution in [3.8, 4) is 0 Å². The minimum atomic E-state index is -2.81. The maximum atomic E-state index is 13.5. The molecule has 4 rings (SSSR count). The summed E-state index contributed by atoms with van der Waals surface area (Å²) >= 11 is 4.43. The molecule has 1 amide bonds. The number of thiol groups is 1. The maximum absolute atomic E-state index is 13.5. The van der Waals surface area contributed by atoms with Gasteiger partial charge in [0.25, 0.3) is 12.3 Å². The molecule has 2 aromatic heterocycles. The third-order valence-corrected chi connectivity index (χ3v) is 5.56. The molecule has 0 aliphatic carbocycles. The number of carbonyl (C=O) groups is 1. The highest BCUT2D eigenvalue weighted by Crippen LogP contribution is 2.34. The first-order chi connectivity index (χ1) is 14.4. The third-order valence-electron chi connectivity index (χ3n) is 5.18. The van der Waals surface area contributed by atoms with Gasteiger partial charge in [0.15, 0.2) is 0 Å². The number of halogens is 2. The number of nitrogens with zero attached hydrogens (tertiary/aromatic N) is 5. The van der Waals surface area contributed by atoms with Gasteiger partial charge in [0.2, 0.25) is 0 Å². The smallest absolute Gasteiger partial charge is 0.280 e. The van der Waals surface area contributed by atoms with Gasteiger partial charge in [-0.2, -0.15) is 5.10 Å². The Morgan fingerprint density at radius 3 is 2.87 bits per heavy atom. The highest BCUT2D eigenvalue weighted by atomic mass is 32.1. The number of fused-ring (bicyclic) bond motifs is 1. The molecular formula is C20H20F2N6OS. The van der Waals surface area contributed by atoms with Gasteiger partial charge in [-0.05, 0) is 19.1 Å². The summed E-state index contributed by atoms with van der Waals surface area (Å²) in [6.07, 6.45) is 0.487. The van der Waals surface area contributed by atoms with Gasteiger partial charge in [-0.1, -0.05) is 12.1 Å². The Labute approximate surface area is 177 Å². The van der Waals surface area contributed by atoms with Gasteiger partial charge < -0.3 is 9.88 Å². The van der Waals surface area contributed by atoms with Gasteiger partial charge in [0.05, 0.1) is 29.5 Å². The lowest BCUT2D eigenvalue weighted by Gasteiger charge is -2.35. The summed E-state index contributed by atoms with van der Waals surface area (Å²) in [5.74, 6) is -0.522. The summed E-state index contributed by atoms with van der Waals surface area (Å²) in [7, 11) is 1.40. The van der Waals surface area contributed by atoms with Gasteiger partial charge >= 0.3 is 0 Å². The minimum absolute atomic E-state index is 0.112. The normalized spacial score (nSPS) is 16.8. The number of aliphatic imine (C=N–C) groups is 1. The molecule has 3 heterocycles. The number of alkyl halides is 2. The molecule has 1 N–H and O–H groups in total. The van der Waals surface area contributed by atoms with Crippen LogP contribution in [0.2, 0.25) is 0 Å². The molecule has 0 fully saturated rings. The van der Waals surface area contributed by atoms with Crippen LogP contribution in [0.5, 0.6) is 0 Å². The number of para-hydroxylation sites is 1. The van der Waals surface area contributed by atoms with Gasteiger partial charge in [-0.15, -0.1) is 12.6 Å². The highest BCUT2D eigenvalue weighted by Gasteiger charge is 2.37. The highest BCUT2D eigenvalue weighted by molar-refractivity contribution is 7.80. The predicted molar refractivity (Wildman–Crippen MR) is 111 cm³/mol. The molecule has 0 bridgehead atoms. The van der Waals surface area contributed by atoms with Gasteiger partial charge in [0.1, 0.15) is 11.7 Å². The van der Waals surface area contributed by atoms with Crippen LogP contribution in [-0.2, 0) is 13.5 Å². The number of aromatic amines is 1. The average molecular weight is 430 g/mol. The number of imidazole rings is 1. The standard InChI is InChI=1S/C20H20F2N6OS/c1-11(26-13-5-3-4-6-15(13)30)17-16-14(23-10-24-16)7-8-28(17)20(29)12-9-25-27(2)18(12)19(21)22/h3-6,9-10,17,19,30H,7-8H2,1-2H3,(H,23,24)/b26-11+/t17-/m1/s1. The molecule has 0 unspecified atom stereocenters. The zero-order valence-electron chi connectivity index (χ0n) is 16.4. The average Bonchev–Trinajstić information content (AvgIpc) is 3.34. The topological polar surface area (TPSA) is 79.2 Å². The predicted octanol–water partition coefficient (Wildman–Crippen LogP) is 3.90. The lowest BCUT2D eigenvalue weighted by Crippen LogP contribution is -2.43. The quantitative estimate of drug-likeness (QED) is 0.487. The van der Waals surface area contributed by atoms with Crippen LogP contribution in [0.3, 0.4) is 0 Å². The van der Waals surface area contributed by atoms with E-state index in [1.54, 1.807) is 13.3 Å². The van der Waals surface area contributed by atoms with Crippen molar-refractivity contribution in [2.45, 2.75) is 30.7 Å². The second-order valence-corrected chi connectivity index (χ2v) is 7.51. The molecule has 0 saturated carbocycles. The number of carbonyl (C=O) groups excluding carboxylic acids is 1. The van der Waals surface area contributed by atoms with E-state index in [9.17, 15) is 13.6 Å². The second-order valence-electron chi connectivity index (χ2n) is 7.03. The first-order valence-corrected chi connectivity index (χ1v) is 9.79. The van der Waals surface area contributed by atoms with Crippen molar-refractivity contribution in [1.29, 1.82) is 0 Å². The second kappa shape index (κ2) is 8.02. The van der Waals surface area contributed by atoms with E-state index in [1.165, 1.54) is 18.1 Å². The fraction of sp³-hybridized carbons (Fsp3) is 0.300. The number of aromatic nitrogens is 4. The van der Waals surface area contributed by atoms with Crippen LogP contribution in [0.1, 0.15) is 46.8 Å². The molecule has 30 heavy (non-hydrogen) atoms. The van der Waals surface area contributed by atoms with E-state index in [1.807, 2.05) is 24.3 Å². The molecule has 7 nitrogen and oxygen atoms in total. The van der Waals surface area contributed by atoms with E-state index < -0.39 is 24.1 Å². The molecule has 156 valence electrons. The summed E-state index contributed by atoms with van der Waals surface area (Å²) in [6.45, 7) is 2.14. The van der Waals surface area contributed by atoms with E-state index in [0.717, 1.165) is 10.4 Å². The SMILES string of the molecule is C/C(=N\c1ccccc1S)[C@@H]1c2nc[nH]c2CCN1C(=O)c1cnn(C)c1C(F)F. The van der Waals surface area contributed by atoms with Crippen LogP contribution in [0.15, 0.2) is 46.7 Å². The van der Waals surface area contributed by atoms with Crippen LogP contribution in [0.25, 0.3) is 0 Å². The van der Waals surface area contributed by atoms with Crippen LogP contribution in [0.4, 0.5) is 14.5 Å². The molecule has 3 aromatic rings. The van der Waals surface area contributed by atoms with Crippen molar-refractivity contribution in [2.75, 3.05) is 6.54 Å². The molecule has 1 aliphatic heterocycles. The van der Waals surface area contributed by atoms with Crippen molar-refractivity contribution in [1.82, 2.24) is 24.6 Å². The number of benzene rings is 1. The fourth-order valence-electron chi connectivity index (χ4n) is 3.75. The molecule has 0 saturated heterocycles. The fourth-order valence-corrected chi connectivity index (χ4v) is 3.96. The zero-order chi connectivity index (χ0) is 21.4. The van der Waals surface area contributed by atoms with Gasteiger partial charge in [-0.25, -0.2) is 13.8 Å². The molecule has 0 spiro atoms. The van der Waals surface area contributed by atoms with Crippen LogP contribution >= 0.6 is 12.6 Å². The van der Waals surface area contributed by atoms with E-state index in [4.69, 9.17) is 0 Å². The largest absolute Gasteiger partial charge is 0.348 e. The Morgan fingerprint density at radius 1 is 1.37 bits per heavy atom. The monoisotopic (exact) mass is 430 g/mol. The Morgan fingerprint density at radius 2 is 2.13 bits per heavy atom. The molecule has 1 aromatic carbocycles. The van der Waals surface area contributed by atoms with Gasteiger partial charge in [-0.3, -0.25) is 14.5 Å². The lowest BCUT2D eigenvalue weighted by molar-refractivity contribution is 0.0696. The summed E-state index contributed by atoms with van der Waals surface area (Å²) < 4.78 is 28.1. The van der Waals surface area contributed by atoms with Gasteiger partial charge in [0, 0.05) is 36.3 Å². The number of hydrogen-bond acceptors (Lipinski definition) is 5. The Balaban J connectivity index is 1.78. The molecule has 1 aliphatic rings. The van der Waals surface area contributed by atoms with Crippen LogP contribution in [-0.4, -0.2) is 42.8 Å². The summed E-state index contributed by atoms with van der Waals surface area (Å²) in [6, 6.07) is 6.75. The third kappa shape index (κ3) is 3.51. The van der Waals surface area contributed by atoms with Crippen LogP contribution in [0, 0.1) is 0 Å². The Bertz CT molecular complexity index is 1120. The van der Waals surface area contributed by atoms with E-state index in [2.05, 4.69) is 32.7 Å². The summed E-state index contributed by atoms with van der Waals surface area (Å²) in [5, 5.41) is 3.86. The van der Waals surface area contributed by atoms with Crippen molar-refractivity contribution < 1.29 is 13.6 Å². The van der Waals surface area contributed by atoms with E-state index in [-0.39, 0.29) is 5.56 Å². The first-order valence-electron chi connectivity index (χ1n) is 9.34. The number of hydrogen-bond donors (Lipinski definition) is 2. The van der Waals surface area contributed by atoms with Crippen molar-refractivity contribution in [3.05, 3.63) is 59.4 Å². The Kier molecular flexibility index (Phi) is 5.42. The number of aryl methyl sites for hydroxylation is 1. The van der Waals surface area contributed by atoms with Crippen LogP contribution < -0.4 is 0 Å². The zero-order valence-corrected chi connectivity index (χ0v) is 17.3. The number of nitrogens with one attached hydrogen (secondary N) is 1. The summed E-state index contributed by atoms with van der Waals surface area (Å²) in [4.78, 5) is 27.7. The van der Waals surface area contributed by atoms with Crippen molar-refractivity contribution in [3.63, 3.8) is 0 Å². The molecule has 0 radical (unpaired) electrons. The molecule has 10 heteroatoms. The lowest BCUT2D eigenvalue weighted by atomic mass is 9.97. The molecule has 1 atom stereocenters.